The molecule has 2 unspecified atom stereocenters. The molecule has 0 amide bonds. The molecular weight excluding hydrogens is 356 g/mol. The SMILES string of the molecule is O=C1C2=C(CC3Cc4cc5ccccc5cc4CC(C2)C3)C(=O)c2ccccc21. The van der Waals surface area contributed by atoms with Crippen LogP contribution < -0.4 is 0 Å². The van der Waals surface area contributed by atoms with Gasteiger partial charge in [0, 0.05) is 22.3 Å². The van der Waals surface area contributed by atoms with E-state index in [1.165, 1.54) is 21.9 Å². The van der Waals surface area contributed by atoms with Gasteiger partial charge in [-0.1, -0.05) is 60.7 Å². The molecule has 0 spiro atoms. The molecule has 0 N–H and O–H groups in total. The molecule has 0 aromatic heterocycles. The molecule has 2 heteroatoms. The van der Waals surface area contributed by atoms with Crippen LogP contribution in [0.25, 0.3) is 10.8 Å². The number of carbonyl (C=O) groups excluding carboxylic acids is 2. The third kappa shape index (κ3) is 2.62. The van der Waals surface area contributed by atoms with Crippen molar-refractivity contribution in [3.8, 4) is 0 Å². The van der Waals surface area contributed by atoms with E-state index in [9.17, 15) is 9.59 Å². The Hall–Kier alpha value is -3.00. The first-order valence-corrected chi connectivity index (χ1v) is 10.6. The molecule has 2 atom stereocenters. The van der Waals surface area contributed by atoms with E-state index in [2.05, 4.69) is 36.4 Å². The predicted molar refractivity (Wildman–Crippen MR) is 114 cm³/mol. The Kier molecular flexibility index (Phi) is 3.64. The van der Waals surface area contributed by atoms with E-state index in [4.69, 9.17) is 0 Å². The number of fused-ring (bicyclic) bond motifs is 5. The normalized spacial score (nSPS) is 23.2. The highest BCUT2D eigenvalue weighted by Crippen LogP contribution is 2.43. The summed E-state index contributed by atoms with van der Waals surface area (Å²) in [7, 11) is 0. The lowest BCUT2D eigenvalue weighted by atomic mass is 9.79. The van der Waals surface area contributed by atoms with E-state index < -0.39 is 0 Å². The minimum absolute atomic E-state index is 0.0835. The summed E-state index contributed by atoms with van der Waals surface area (Å²) in [6.45, 7) is 0. The summed E-state index contributed by atoms with van der Waals surface area (Å²) in [4.78, 5) is 26.5. The lowest BCUT2D eigenvalue weighted by Gasteiger charge is -2.23. The number of rotatable bonds is 0. The average Bonchev–Trinajstić information content (AvgIpc) is 3.02. The first kappa shape index (κ1) is 16.9. The number of ketones is 2. The summed E-state index contributed by atoms with van der Waals surface area (Å²) in [6.07, 6.45) is 4.55. The Bertz CT molecular complexity index is 1140. The second kappa shape index (κ2) is 6.25. The average molecular weight is 378 g/mol. The van der Waals surface area contributed by atoms with E-state index >= 15 is 0 Å². The van der Waals surface area contributed by atoms with Gasteiger partial charge in [-0.3, -0.25) is 9.59 Å². The van der Waals surface area contributed by atoms with E-state index in [1.54, 1.807) is 0 Å². The zero-order chi connectivity index (χ0) is 19.5. The van der Waals surface area contributed by atoms with Gasteiger partial charge in [0.15, 0.2) is 11.6 Å². The van der Waals surface area contributed by atoms with Gasteiger partial charge in [0.1, 0.15) is 0 Å². The monoisotopic (exact) mass is 378 g/mol. The van der Waals surface area contributed by atoms with Crippen molar-refractivity contribution in [3.63, 3.8) is 0 Å². The highest BCUT2D eigenvalue weighted by molar-refractivity contribution is 6.27. The van der Waals surface area contributed by atoms with E-state index in [0.29, 0.717) is 23.0 Å². The van der Waals surface area contributed by atoms with Gasteiger partial charge < -0.3 is 0 Å². The number of benzene rings is 3. The van der Waals surface area contributed by atoms with Crippen LogP contribution in [0.15, 0.2) is 71.8 Å². The standard InChI is InChI=1S/C27H22O2/c28-26-22-7-3-4-8-23(22)27(29)25-13-17-9-16(12-24(25)26)10-20-14-18-5-1-2-6-19(18)15-21(20)11-17/h1-8,14-17H,9-13H2. The fraction of sp³-hybridized carbons (Fsp3) is 0.259. The lowest BCUT2D eigenvalue weighted by molar-refractivity contribution is 0.0968. The summed E-state index contributed by atoms with van der Waals surface area (Å²) in [6, 6.07) is 20.6. The second-order valence-corrected chi connectivity index (χ2v) is 8.91. The van der Waals surface area contributed by atoms with Crippen molar-refractivity contribution >= 4 is 22.3 Å². The van der Waals surface area contributed by atoms with E-state index in [-0.39, 0.29) is 11.6 Å². The van der Waals surface area contributed by atoms with Crippen LogP contribution in [0.5, 0.6) is 0 Å². The highest BCUT2D eigenvalue weighted by atomic mass is 16.1. The maximum Gasteiger partial charge on any atom is 0.190 e. The number of hydrogen-bond donors (Lipinski definition) is 0. The second-order valence-electron chi connectivity index (χ2n) is 8.91. The van der Waals surface area contributed by atoms with Crippen molar-refractivity contribution in [3.05, 3.63) is 94.1 Å². The van der Waals surface area contributed by atoms with Crippen molar-refractivity contribution in [2.24, 2.45) is 11.8 Å². The third-order valence-corrected chi connectivity index (χ3v) is 7.07. The van der Waals surface area contributed by atoms with Gasteiger partial charge in [0.05, 0.1) is 0 Å². The summed E-state index contributed by atoms with van der Waals surface area (Å²) >= 11 is 0. The van der Waals surface area contributed by atoms with Gasteiger partial charge in [-0.15, -0.1) is 0 Å². The van der Waals surface area contributed by atoms with Crippen LogP contribution in [0.3, 0.4) is 0 Å². The number of hydrogen-bond acceptors (Lipinski definition) is 2. The topological polar surface area (TPSA) is 34.1 Å². The van der Waals surface area contributed by atoms with Crippen LogP contribution in [0.2, 0.25) is 0 Å². The molecule has 0 saturated carbocycles. The first-order valence-electron chi connectivity index (χ1n) is 10.6. The summed E-state index contributed by atoms with van der Waals surface area (Å²) in [5.74, 6) is 1.02. The van der Waals surface area contributed by atoms with Crippen molar-refractivity contribution in [2.75, 3.05) is 0 Å². The minimum atomic E-state index is 0.0835. The maximum atomic E-state index is 13.2. The van der Waals surface area contributed by atoms with Gasteiger partial charge in [-0.2, -0.15) is 0 Å². The van der Waals surface area contributed by atoms with Crippen LogP contribution in [0, 0.1) is 11.8 Å². The molecule has 2 nitrogen and oxygen atoms in total. The number of carbonyl (C=O) groups is 2. The van der Waals surface area contributed by atoms with E-state index in [1.807, 2.05) is 24.3 Å². The van der Waals surface area contributed by atoms with Crippen LogP contribution >= 0.6 is 0 Å². The molecular formula is C27H22O2. The van der Waals surface area contributed by atoms with Crippen molar-refractivity contribution < 1.29 is 9.59 Å². The maximum absolute atomic E-state index is 13.2. The molecule has 0 fully saturated rings. The lowest BCUT2D eigenvalue weighted by Crippen LogP contribution is -2.23. The molecule has 6 rings (SSSR count). The predicted octanol–water partition coefficient (Wildman–Crippen LogP) is 5.73. The summed E-state index contributed by atoms with van der Waals surface area (Å²) in [5.41, 5.74) is 5.63. The Morgan fingerprint density at radius 3 is 1.52 bits per heavy atom. The molecule has 0 heterocycles. The Balaban J connectivity index is 1.43. The van der Waals surface area contributed by atoms with Gasteiger partial charge in [0.2, 0.25) is 0 Å². The number of Topliss-reactive ketones (excluding diaryl/α,β-unsaturated/α-hetero) is 2. The van der Waals surface area contributed by atoms with Gasteiger partial charge in [-0.25, -0.2) is 0 Å². The van der Waals surface area contributed by atoms with Crippen molar-refractivity contribution in [2.45, 2.75) is 32.1 Å². The summed E-state index contributed by atoms with van der Waals surface area (Å²) in [5, 5.41) is 2.58. The Morgan fingerprint density at radius 1 is 0.586 bits per heavy atom. The smallest absolute Gasteiger partial charge is 0.190 e. The molecule has 3 aliphatic carbocycles. The molecule has 3 aromatic carbocycles. The Morgan fingerprint density at radius 2 is 1.03 bits per heavy atom. The fourth-order valence-electron chi connectivity index (χ4n) is 5.77. The zero-order valence-corrected chi connectivity index (χ0v) is 16.3. The molecule has 0 aliphatic heterocycles. The first-order chi connectivity index (χ1) is 14.2. The third-order valence-electron chi connectivity index (χ3n) is 7.07. The van der Waals surface area contributed by atoms with Gasteiger partial charge in [-0.05, 0) is 65.8 Å². The van der Waals surface area contributed by atoms with Crippen molar-refractivity contribution in [1.82, 2.24) is 0 Å². The molecule has 142 valence electrons. The van der Waals surface area contributed by atoms with Gasteiger partial charge in [0.25, 0.3) is 0 Å². The molecule has 29 heavy (non-hydrogen) atoms. The highest BCUT2D eigenvalue weighted by Gasteiger charge is 2.38. The molecule has 0 saturated heterocycles. The van der Waals surface area contributed by atoms with Crippen LogP contribution in [0.1, 0.15) is 51.1 Å². The fourth-order valence-corrected chi connectivity index (χ4v) is 5.77. The van der Waals surface area contributed by atoms with Crippen molar-refractivity contribution in [1.29, 1.82) is 0 Å². The minimum Gasteiger partial charge on any atom is -0.289 e. The van der Waals surface area contributed by atoms with Gasteiger partial charge >= 0.3 is 0 Å². The molecule has 3 aliphatic rings. The zero-order valence-electron chi connectivity index (χ0n) is 16.3. The Labute approximate surface area is 170 Å². The quantitative estimate of drug-likeness (QED) is 0.500. The summed E-state index contributed by atoms with van der Waals surface area (Å²) < 4.78 is 0. The molecule has 3 aromatic rings. The van der Waals surface area contributed by atoms with Crippen LogP contribution in [0.4, 0.5) is 0 Å². The van der Waals surface area contributed by atoms with E-state index in [0.717, 1.165) is 43.3 Å². The van der Waals surface area contributed by atoms with Crippen LogP contribution in [-0.4, -0.2) is 11.6 Å². The van der Waals surface area contributed by atoms with Crippen LogP contribution in [-0.2, 0) is 12.8 Å². The largest absolute Gasteiger partial charge is 0.289 e. The molecule has 0 radical (unpaired) electrons. The number of allylic oxidation sites excluding steroid dienone is 2. The molecule has 2 bridgehead atoms.